The van der Waals surface area contributed by atoms with Crippen LogP contribution in [0.3, 0.4) is 0 Å². The molecule has 1 saturated heterocycles. The van der Waals surface area contributed by atoms with Crippen LogP contribution in [0.25, 0.3) is 0 Å². The number of hydrogen-bond donors (Lipinski definition) is 1. The summed E-state index contributed by atoms with van der Waals surface area (Å²) in [6, 6.07) is 0.609. The average Bonchev–Trinajstić information content (AvgIpc) is 2.25. The summed E-state index contributed by atoms with van der Waals surface area (Å²) in [4.78, 5) is 2.55. The second-order valence-corrected chi connectivity index (χ2v) is 5.26. The van der Waals surface area contributed by atoms with Crippen molar-refractivity contribution in [3.63, 3.8) is 0 Å². The maximum absolute atomic E-state index is 5.43. The van der Waals surface area contributed by atoms with E-state index in [-0.39, 0.29) is 0 Å². The third-order valence-electron chi connectivity index (χ3n) is 3.11. The molecule has 1 aliphatic heterocycles. The fourth-order valence-corrected chi connectivity index (χ4v) is 2.05. The minimum atomic E-state index is 0.609. The van der Waals surface area contributed by atoms with E-state index in [0.29, 0.717) is 6.04 Å². The lowest BCUT2D eigenvalue weighted by atomic mass is 10.2. The number of unbranched alkanes of at least 4 members (excludes halogenated alkanes) is 1. The molecule has 1 heterocycles. The smallest absolute Gasteiger partial charge is 0.0619 e. The second-order valence-electron chi connectivity index (χ2n) is 5.26. The quantitative estimate of drug-likeness (QED) is 0.672. The predicted octanol–water partition coefficient (Wildman–Crippen LogP) is 1.73. The first-order valence-corrected chi connectivity index (χ1v) is 6.72. The molecule has 16 heavy (non-hydrogen) atoms. The molecule has 1 aliphatic rings. The Hall–Kier alpha value is -0.120. The van der Waals surface area contributed by atoms with Gasteiger partial charge in [-0.15, -0.1) is 0 Å². The monoisotopic (exact) mass is 228 g/mol. The Balaban J connectivity index is 1.94. The molecule has 0 aliphatic carbocycles. The molecule has 0 aromatic heterocycles. The molecule has 96 valence electrons. The van der Waals surface area contributed by atoms with Gasteiger partial charge < -0.3 is 10.1 Å². The van der Waals surface area contributed by atoms with Crippen LogP contribution in [0.5, 0.6) is 0 Å². The second kappa shape index (κ2) is 8.04. The topological polar surface area (TPSA) is 24.5 Å². The van der Waals surface area contributed by atoms with Gasteiger partial charge in [-0.3, -0.25) is 4.90 Å². The van der Waals surface area contributed by atoms with E-state index in [4.69, 9.17) is 4.74 Å². The summed E-state index contributed by atoms with van der Waals surface area (Å²) in [7, 11) is 0. The molecule has 0 bridgehead atoms. The fraction of sp³-hybridized carbons (Fsp3) is 1.00. The van der Waals surface area contributed by atoms with E-state index in [1.165, 1.54) is 19.4 Å². The Morgan fingerprint density at radius 2 is 2.19 bits per heavy atom. The van der Waals surface area contributed by atoms with Gasteiger partial charge in [0.15, 0.2) is 0 Å². The van der Waals surface area contributed by atoms with Crippen molar-refractivity contribution in [2.75, 3.05) is 39.4 Å². The lowest BCUT2D eigenvalue weighted by molar-refractivity contribution is -0.000839. The normalized spacial score (nSPS) is 22.9. The number of morpholine rings is 1. The van der Waals surface area contributed by atoms with E-state index in [1.807, 2.05) is 0 Å². The van der Waals surface area contributed by atoms with Gasteiger partial charge >= 0.3 is 0 Å². The number of ether oxygens (including phenoxy) is 1. The minimum absolute atomic E-state index is 0.609. The van der Waals surface area contributed by atoms with Crippen LogP contribution in [0.4, 0.5) is 0 Å². The van der Waals surface area contributed by atoms with Crippen LogP contribution in [0, 0.1) is 5.92 Å². The zero-order valence-electron chi connectivity index (χ0n) is 11.2. The zero-order valence-corrected chi connectivity index (χ0v) is 11.2. The lowest BCUT2D eigenvalue weighted by Crippen LogP contribution is -2.44. The van der Waals surface area contributed by atoms with Crippen LogP contribution in [-0.4, -0.2) is 50.3 Å². The van der Waals surface area contributed by atoms with Gasteiger partial charge in [-0.25, -0.2) is 0 Å². The molecule has 0 aromatic rings. The minimum Gasteiger partial charge on any atom is -0.379 e. The van der Waals surface area contributed by atoms with Crippen LogP contribution in [-0.2, 0) is 4.74 Å². The maximum atomic E-state index is 5.43. The highest BCUT2D eigenvalue weighted by Gasteiger charge is 2.17. The highest BCUT2D eigenvalue weighted by molar-refractivity contribution is 4.70. The van der Waals surface area contributed by atoms with Gasteiger partial charge in [0.05, 0.1) is 13.2 Å². The van der Waals surface area contributed by atoms with Gasteiger partial charge in [0.2, 0.25) is 0 Å². The van der Waals surface area contributed by atoms with Crippen molar-refractivity contribution in [3.8, 4) is 0 Å². The van der Waals surface area contributed by atoms with Crippen LogP contribution < -0.4 is 5.32 Å². The van der Waals surface area contributed by atoms with Crippen molar-refractivity contribution in [2.24, 2.45) is 5.92 Å². The molecule has 1 unspecified atom stereocenters. The molecule has 3 heteroatoms. The van der Waals surface area contributed by atoms with Gasteiger partial charge in [-0.1, -0.05) is 13.8 Å². The summed E-state index contributed by atoms with van der Waals surface area (Å²) in [5.41, 5.74) is 0. The Labute approximate surface area is 101 Å². The Morgan fingerprint density at radius 1 is 1.38 bits per heavy atom. The summed E-state index contributed by atoms with van der Waals surface area (Å²) in [6.07, 6.45) is 2.59. The van der Waals surface area contributed by atoms with Crippen molar-refractivity contribution in [3.05, 3.63) is 0 Å². The molecule has 0 saturated carbocycles. The first kappa shape index (κ1) is 13.9. The standard InChI is InChI=1S/C13H28N2O/c1-12(2)10-14-6-4-5-7-15-8-9-16-11-13(15)3/h12-14H,4-11H2,1-3H3. The maximum Gasteiger partial charge on any atom is 0.0619 e. The number of nitrogens with one attached hydrogen (secondary N) is 1. The summed E-state index contributed by atoms with van der Waals surface area (Å²) >= 11 is 0. The van der Waals surface area contributed by atoms with Crippen molar-refractivity contribution < 1.29 is 4.74 Å². The number of hydrogen-bond acceptors (Lipinski definition) is 3. The van der Waals surface area contributed by atoms with Crippen LogP contribution in [0.2, 0.25) is 0 Å². The molecule has 0 spiro atoms. The van der Waals surface area contributed by atoms with Crippen molar-refractivity contribution in [1.82, 2.24) is 10.2 Å². The van der Waals surface area contributed by atoms with Crippen molar-refractivity contribution >= 4 is 0 Å². The fourth-order valence-electron chi connectivity index (χ4n) is 2.05. The molecular formula is C13H28N2O. The first-order valence-electron chi connectivity index (χ1n) is 6.72. The Bertz CT molecular complexity index is 173. The molecule has 3 nitrogen and oxygen atoms in total. The third kappa shape index (κ3) is 5.83. The number of nitrogens with zero attached hydrogens (tertiary/aromatic N) is 1. The molecule has 1 fully saturated rings. The van der Waals surface area contributed by atoms with Crippen LogP contribution in [0.1, 0.15) is 33.6 Å². The van der Waals surface area contributed by atoms with Gasteiger partial charge in [0.1, 0.15) is 0 Å². The predicted molar refractivity (Wildman–Crippen MR) is 68.8 cm³/mol. The first-order chi connectivity index (χ1) is 7.70. The Morgan fingerprint density at radius 3 is 2.88 bits per heavy atom. The van der Waals surface area contributed by atoms with E-state index in [2.05, 4.69) is 31.0 Å². The largest absolute Gasteiger partial charge is 0.379 e. The molecule has 0 aromatic carbocycles. The van der Waals surface area contributed by atoms with E-state index in [9.17, 15) is 0 Å². The summed E-state index contributed by atoms with van der Waals surface area (Å²) in [6.45, 7) is 13.2. The zero-order chi connectivity index (χ0) is 11.8. The molecule has 1 atom stereocenters. The summed E-state index contributed by atoms with van der Waals surface area (Å²) in [5.74, 6) is 0.763. The highest BCUT2D eigenvalue weighted by Crippen LogP contribution is 2.07. The third-order valence-corrected chi connectivity index (χ3v) is 3.11. The van der Waals surface area contributed by atoms with Crippen LogP contribution >= 0.6 is 0 Å². The summed E-state index contributed by atoms with van der Waals surface area (Å²) < 4.78 is 5.43. The van der Waals surface area contributed by atoms with Gasteiger partial charge in [-0.2, -0.15) is 0 Å². The molecule has 1 rings (SSSR count). The van der Waals surface area contributed by atoms with Crippen molar-refractivity contribution in [1.29, 1.82) is 0 Å². The lowest BCUT2D eigenvalue weighted by Gasteiger charge is -2.33. The average molecular weight is 228 g/mol. The summed E-state index contributed by atoms with van der Waals surface area (Å²) in [5, 5.41) is 3.49. The SMILES string of the molecule is CC(C)CNCCCCN1CCOCC1C. The highest BCUT2D eigenvalue weighted by atomic mass is 16.5. The van der Waals surface area contributed by atoms with E-state index in [1.54, 1.807) is 0 Å². The molecule has 0 amide bonds. The van der Waals surface area contributed by atoms with Gasteiger partial charge in [0, 0.05) is 12.6 Å². The Kier molecular flexibility index (Phi) is 7.01. The van der Waals surface area contributed by atoms with E-state index in [0.717, 1.165) is 38.8 Å². The van der Waals surface area contributed by atoms with E-state index < -0.39 is 0 Å². The molecule has 0 radical (unpaired) electrons. The molecular weight excluding hydrogens is 200 g/mol. The van der Waals surface area contributed by atoms with Crippen LogP contribution in [0.15, 0.2) is 0 Å². The number of rotatable bonds is 7. The molecule has 1 N–H and O–H groups in total. The van der Waals surface area contributed by atoms with E-state index >= 15 is 0 Å². The van der Waals surface area contributed by atoms with Gasteiger partial charge in [0.25, 0.3) is 0 Å². The van der Waals surface area contributed by atoms with Crippen molar-refractivity contribution in [2.45, 2.75) is 39.7 Å². The van der Waals surface area contributed by atoms with Gasteiger partial charge in [-0.05, 0) is 45.3 Å².